The zero-order valence-corrected chi connectivity index (χ0v) is 10.8. The van der Waals surface area contributed by atoms with Gasteiger partial charge in [0, 0.05) is 19.2 Å². The van der Waals surface area contributed by atoms with E-state index in [1.807, 2.05) is 30.3 Å². The van der Waals surface area contributed by atoms with Crippen LogP contribution in [-0.2, 0) is 0 Å². The summed E-state index contributed by atoms with van der Waals surface area (Å²) in [6, 6.07) is 10.2. The first kappa shape index (κ1) is 13.5. The van der Waals surface area contributed by atoms with Gasteiger partial charge in [0.25, 0.3) is 0 Å². The molecule has 18 heavy (non-hydrogen) atoms. The van der Waals surface area contributed by atoms with E-state index < -0.39 is 6.10 Å². The number of hydrogen-bond donors (Lipinski definition) is 2. The fraction of sp³-hybridized carbons (Fsp3) is 0.600. The van der Waals surface area contributed by atoms with Crippen LogP contribution in [-0.4, -0.2) is 40.9 Å². The van der Waals surface area contributed by atoms with Crippen LogP contribution in [0.15, 0.2) is 30.3 Å². The van der Waals surface area contributed by atoms with Crippen molar-refractivity contribution in [2.45, 2.75) is 37.8 Å². The lowest BCUT2D eigenvalue weighted by atomic mass is 9.98. The molecule has 1 fully saturated rings. The summed E-state index contributed by atoms with van der Waals surface area (Å²) in [4.78, 5) is 2.33. The molecule has 2 rings (SSSR count). The van der Waals surface area contributed by atoms with Crippen LogP contribution in [0.5, 0.6) is 0 Å². The molecule has 3 nitrogen and oxygen atoms in total. The molecule has 1 saturated heterocycles. The molecule has 0 spiro atoms. The standard InChI is InChI=1S/C15H23NO2/c17-11-9-14-8-4-5-10-16(14)12-15(18)13-6-2-1-3-7-13/h1-3,6-7,14-15,17-18H,4-5,8-12H2/t14-,15+/m1/s1. The summed E-state index contributed by atoms with van der Waals surface area (Å²) in [7, 11) is 0. The van der Waals surface area contributed by atoms with Gasteiger partial charge in [-0.05, 0) is 31.4 Å². The number of benzene rings is 1. The highest BCUT2D eigenvalue weighted by atomic mass is 16.3. The summed E-state index contributed by atoms with van der Waals surface area (Å²) < 4.78 is 0. The lowest BCUT2D eigenvalue weighted by Crippen LogP contribution is -2.42. The maximum atomic E-state index is 10.3. The zero-order chi connectivity index (χ0) is 12.8. The molecule has 1 aromatic rings. The lowest BCUT2D eigenvalue weighted by Gasteiger charge is -2.36. The Balaban J connectivity index is 1.94. The van der Waals surface area contributed by atoms with Crippen LogP contribution < -0.4 is 0 Å². The van der Waals surface area contributed by atoms with E-state index in [0.29, 0.717) is 12.6 Å². The fourth-order valence-corrected chi connectivity index (χ4v) is 2.78. The van der Waals surface area contributed by atoms with Gasteiger partial charge in [-0.15, -0.1) is 0 Å². The molecule has 0 aromatic heterocycles. The summed E-state index contributed by atoms with van der Waals surface area (Å²) >= 11 is 0. The molecule has 2 atom stereocenters. The molecule has 0 bridgehead atoms. The maximum absolute atomic E-state index is 10.3. The number of nitrogens with zero attached hydrogens (tertiary/aromatic N) is 1. The molecule has 3 heteroatoms. The van der Waals surface area contributed by atoms with Gasteiger partial charge in [-0.1, -0.05) is 36.8 Å². The van der Waals surface area contributed by atoms with Crippen molar-refractivity contribution in [3.8, 4) is 0 Å². The molecule has 0 radical (unpaired) electrons. The quantitative estimate of drug-likeness (QED) is 0.838. The molecule has 2 N–H and O–H groups in total. The molecule has 0 unspecified atom stereocenters. The summed E-state index contributed by atoms with van der Waals surface area (Å²) in [5.74, 6) is 0. The van der Waals surface area contributed by atoms with Gasteiger partial charge in [-0.3, -0.25) is 4.90 Å². The van der Waals surface area contributed by atoms with Crippen molar-refractivity contribution in [2.75, 3.05) is 19.7 Å². The first-order valence-corrected chi connectivity index (χ1v) is 6.89. The normalized spacial score (nSPS) is 22.9. The SMILES string of the molecule is OCC[C@H]1CCCCN1C[C@H](O)c1ccccc1. The van der Waals surface area contributed by atoms with Crippen LogP contribution in [0.25, 0.3) is 0 Å². The molecule has 1 aliphatic rings. The highest BCUT2D eigenvalue weighted by Crippen LogP contribution is 2.23. The number of piperidine rings is 1. The average molecular weight is 249 g/mol. The molecule has 0 aliphatic carbocycles. The number of aliphatic hydroxyl groups excluding tert-OH is 2. The van der Waals surface area contributed by atoms with Crippen LogP contribution in [0, 0.1) is 0 Å². The number of likely N-dealkylation sites (tertiary alicyclic amines) is 1. The van der Waals surface area contributed by atoms with E-state index in [1.165, 1.54) is 12.8 Å². The second-order valence-electron chi connectivity index (χ2n) is 5.08. The van der Waals surface area contributed by atoms with Gasteiger partial charge in [-0.2, -0.15) is 0 Å². The molecule has 100 valence electrons. The maximum Gasteiger partial charge on any atom is 0.0917 e. The Morgan fingerprint density at radius 1 is 1.22 bits per heavy atom. The summed E-state index contributed by atoms with van der Waals surface area (Å²) in [5.41, 5.74) is 0.978. The van der Waals surface area contributed by atoms with Crippen molar-refractivity contribution in [3.05, 3.63) is 35.9 Å². The van der Waals surface area contributed by atoms with Gasteiger partial charge in [0.1, 0.15) is 0 Å². The van der Waals surface area contributed by atoms with Crippen molar-refractivity contribution >= 4 is 0 Å². The number of aliphatic hydroxyl groups is 2. The van der Waals surface area contributed by atoms with Gasteiger partial charge in [0.2, 0.25) is 0 Å². The minimum absolute atomic E-state index is 0.239. The summed E-state index contributed by atoms with van der Waals surface area (Å²) in [6.07, 6.45) is 3.97. The second kappa shape index (κ2) is 6.88. The van der Waals surface area contributed by atoms with E-state index in [9.17, 15) is 5.11 Å². The van der Waals surface area contributed by atoms with Crippen LogP contribution in [0.4, 0.5) is 0 Å². The third kappa shape index (κ3) is 3.55. The Kier molecular flexibility index (Phi) is 5.17. The van der Waals surface area contributed by atoms with Gasteiger partial charge in [0.15, 0.2) is 0 Å². The van der Waals surface area contributed by atoms with Crippen LogP contribution in [0.3, 0.4) is 0 Å². The Labute approximate surface area is 109 Å². The van der Waals surface area contributed by atoms with E-state index in [4.69, 9.17) is 5.11 Å². The minimum Gasteiger partial charge on any atom is -0.396 e. The first-order chi connectivity index (χ1) is 8.81. The highest BCUT2D eigenvalue weighted by molar-refractivity contribution is 5.17. The van der Waals surface area contributed by atoms with Gasteiger partial charge >= 0.3 is 0 Å². The molecule has 1 heterocycles. The Morgan fingerprint density at radius 3 is 2.72 bits per heavy atom. The predicted octanol–water partition coefficient (Wildman–Crippen LogP) is 1.96. The Morgan fingerprint density at radius 2 is 2.00 bits per heavy atom. The average Bonchev–Trinajstić information content (AvgIpc) is 2.42. The van der Waals surface area contributed by atoms with Gasteiger partial charge < -0.3 is 10.2 Å². The lowest BCUT2D eigenvalue weighted by molar-refractivity contribution is 0.0565. The van der Waals surface area contributed by atoms with Crippen LogP contribution >= 0.6 is 0 Å². The number of rotatable bonds is 5. The van der Waals surface area contributed by atoms with E-state index >= 15 is 0 Å². The molecule has 0 amide bonds. The highest BCUT2D eigenvalue weighted by Gasteiger charge is 2.24. The minimum atomic E-state index is -0.425. The van der Waals surface area contributed by atoms with E-state index in [2.05, 4.69) is 4.90 Å². The third-order valence-electron chi connectivity index (χ3n) is 3.80. The zero-order valence-electron chi connectivity index (χ0n) is 10.8. The fourth-order valence-electron chi connectivity index (χ4n) is 2.78. The second-order valence-corrected chi connectivity index (χ2v) is 5.08. The summed E-state index contributed by atoms with van der Waals surface area (Å²) in [6.45, 7) is 1.95. The van der Waals surface area contributed by atoms with Gasteiger partial charge in [0.05, 0.1) is 6.10 Å². The van der Waals surface area contributed by atoms with Gasteiger partial charge in [-0.25, -0.2) is 0 Å². The van der Waals surface area contributed by atoms with Crippen LogP contribution in [0.2, 0.25) is 0 Å². The Hall–Kier alpha value is -0.900. The topological polar surface area (TPSA) is 43.7 Å². The smallest absolute Gasteiger partial charge is 0.0917 e. The van der Waals surface area contributed by atoms with Crippen molar-refractivity contribution in [1.29, 1.82) is 0 Å². The molecular weight excluding hydrogens is 226 g/mol. The Bertz CT molecular complexity index is 340. The molecular formula is C15H23NO2. The molecule has 0 saturated carbocycles. The van der Waals surface area contributed by atoms with E-state index in [0.717, 1.165) is 24.9 Å². The number of β-amino-alcohol motifs (C(OH)–C–C–N with tert-alkyl or cyclic N) is 1. The monoisotopic (exact) mass is 249 g/mol. The predicted molar refractivity (Wildman–Crippen MR) is 72.3 cm³/mol. The van der Waals surface area contributed by atoms with Crippen LogP contribution in [0.1, 0.15) is 37.4 Å². The van der Waals surface area contributed by atoms with E-state index in [1.54, 1.807) is 0 Å². The van der Waals surface area contributed by atoms with Crippen molar-refractivity contribution in [1.82, 2.24) is 4.90 Å². The van der Waals surface area contributed by atoms with Crippen molar-refractivity contribution in [2.24, 2.45) is 0 Å². The third-order valence-corrected chi connectivity index (χ3v) is 3.80. The summed E-state index contributed by atoms with van der Waals surface area (Å²) in [5, 5.41) is 19.4. The molecule has 1 aliphatic heterocycles. The van der Waals surface area contributed by atoms with Crippen molar-refractivity contribution in [3.63, 3.8) is 0 Å². The van der Waals surface area contributed by atoms with E-state index in [-0.39, 0.29) is 6.61 Å². The number of hydrogen-bond acceptors (Lipinski definition) is 3. The van der Waals surface area contributed by atoms with Crippen molar-refractivity contribution < 1.29 is 10.2 Å². The first-order valence-electron chi connectivity index (χ1n) is 6.89. The molecule has 1 aromatic carbocycles. The largest absolute Gasteiger partial charge is 0.396 e.